The number of hydrogen-bond donors (Lipinski definition) is 0. The van der Waals surface area contributed by atoms with Crippen LogP contribution in [0.25, 0.3) is 44.6 Å². The predicted octanol–water partition coefficient (Wildman–Crippen LogP) is 4.80. The van der Waals surface area contributed by atoms with E-state index >= 15 is 0 Å². The van der Waals surface area contributed by atoms with Gasteiger partial charge in [-0.1, -0.05) is 47.6 Å². The topological polar surface area (TPSA) is 69.1 Å². The van der Waals surface area contributed by atoms with E-state index in [1.54, 1.807) is 30.3 Å². The summed E-state index contributed by atoms with van der Waals surface area (Å²) < 4.78 is 24.6. The molecule has 0 aliphatic carbocycles. The molecule has 5 nitrogen and oxygen atoms in total. The third-order valence-corrected chi connectivity index (χ3v) is 4.41. The molecule has 5 rings (SSSR count). The van der Waals surface area contributed by atoms with Gasteiger partial charge >= 0.3 is 5.63 Å². The molecule has 0 aliphatic heterocycles. The van der Waals surface area contributed by atoms with Crippen molar-refractivity contribution in [3.63, 3.8) is 0 Å². The Morgan fingerprint density at radius 3 is 2.56 bits per heavy atom. The average molecular weight is 358 g/mol. The maximum absolute atomic E-state index is 13.9. The Labute approximate surface area is 151 Å². The predicted molar refractivity (Wildman–Crippen MR) is 98.7 cm³/mol. The summed E-state index contributed by atoms with van der Waals surface area (Å²) in [6.07, 6.45) is 0. The van der Waals surface area contributed by atoms with Crippen molar-refractivity contribution in [1.82, 2.24) is 10.1 Å². The highest BCUT2D eigenvalue weighted by atomic mass is 19.1. The molecule has 0 N–H and O–H groups in total. The molecule has 0 unspecified atom stereocenters. The number of nitrogens with zero attached hydrogens (tertiary/aromatic N) is 2. The van der Waals surface area contributed by atoms with Crippen LogP contribution in [0, 0.1) is 5.82 Å². The molecule has 3 aromatic carbocycles. The molecule has 130 valence electrons. The van der Waals surface area contributed by atoms with E-state index in [0.29, 0.717) is 5.58 Å². The van der Waals surface area contributed by atoms with Gasteiger partial charge in [0.1, 0.15) is 17.0 Å². The maximum atomic E-state index is 13.9. The first-order valence-corrected chi connectivity index (χ1v) is 8.25. The number of fused-ring (bicyclic) bond motifs is 3. The van der Waals surface area contributed by atoms with E-state index in [1.807, 2.05) is 30.3 Å². The lowest BCUT2D eigenvalue weighted by Gasteiger charge is -2.03. The standard InChI is InChI=1S/C21H11FN2O3/c22-17-8-4-3-7-14(17)19-23-20(27-24-19)16-11-15-13-6-2-1-5-12(13)9-10-18(15)26-21(16)25/h1-11H. The van der Waals surface area contributed by atoms with E-state index in [-0.39, 0.29) is 22.8 Å². The summed E-state index contributed by atoms with van der Waals surface area (Å²) in [5, 5.41) is 6.51. The van der Waals surface area contributed by atoms with Crippen LogP contribution in [0.5, 0.6) is 0 Å². The van der Waals surface area contributed by atoms with Crippen molar-refractivity contribution in [3.05, 3.63) is 83.0 Å². The van der Waals surface area contributed by atoms with Crippen LogP contribution in [-0.2, 0) is 0 Å². The van der Waals surface area contributed by atoms with Crippen molar-refractivity contribution in [2.45, 2.75) is 0 Å². The van der Waals surface area contributed by atoms with Gasteiger partial charge in [-0.25, -0.2) is 9.18 Å². The van der Waals surface area contributed by atoms with Crippen LogP contribution < -0.4 is 5.63 Å². The molecule has 0 fully saturated rings. The molecule has 0 atom stereocenters. The van der Waals surface area contributed by atoms with E-state index in [0.717, 1.165) is 16.2 Å². The van der Waals surface area contributed by atoms with Gasteiger partial charge < -0.3 is 8.94 Å². The van der Waals surface area contributed by atoms with Gasteiger partial charge in [0.25, 0.3) is 5.89 Å². The van der Waals surface area contributed by atoms with Crippen LogP contribution in [-0.4, -0.2) is 10.1 Å². The zero-order valence-corrected chi connectivity index (χ0v) is 13.8. The second kappa shape index (κ2) is 5.88. The molecule has 0 bridgehead atoms. The zero-order chi connectivity index (χ0) is 18.4. The van der Waals surface area contributed by atoms with Crippen molar-refractivity contribution in [2.24, 2.45) is 0 Å². The maximum Gasteiger partial charge on any atom is 0.349 e. The van der Waals surface area contributed by atoms with Crippen molar-refractivity contribution in [3.8, 4) is 22.8 Å². The third-order valence-electron chi connectivity index (χ3n) is 4.41. The molecule has 5 aromatic rings. The molecular formula is C21H11FN2O3. The quantitative estimate of drug-likeness (QED) is 0.335. The Hall–Kier alpha value is -3.80. The molecule has 0 spiro atoms. The molecular weight excluding hydrogens is 347 g/mol. The Morgan fingerprint density at radius 1 is 0.852 bits per heavy atom. The van der Waals surface area contributed by atoms with E-state index in [9.17, 15) is 9.18 Å². The van der Waals surface area contributed by atoms with Crippen molar-refractivity contribution < 1.29 is 13.3 Å². The number of benzene rings is 3. The Morgan fingerprint density at radius 2 is 1.67 bits per heavy atom. The van der Waals surface area contributed by atoms with E-state index < -0.39 is 11.4 Å². The first kappa shape index (κ1) is 15.5. The van der Waals surface area contributed by atoms with Gasteiger partial charge in [0.15, 0.2) is 0 Å². The van der Waals surface area contributed by atoms with Crippen molar-refractivity contribution in [2.75, 3.05) is 0 Å². The normalized spacial score (nSPS) is 11.3. The van der Waals surface area contributed by atoms with E-state index in [4.69, 9.17) is 8.94 Å². The fraction of sp³-hybridized carbons (Fsp3) is 0. The van der Waals surface area contributed by atoms with Gasteiger partial charge in [0.05, 0.1) is 5.56 Å². The van der Waals surface area contributed by atoms with Crippen molar-refractivity contribution >= 4 is 21.7 Å². The van der Waals surface area contributed by atoms with Crippen LogP contribution in [0.1, 0.15) is 0 Å². The highest BCUT2D eigenvalue weighted by Gasteiger charge is 2.18. The van der Waals surface area contributed by atoms with Gasteiger partial charge in [-0.2, -0.15) is 4.98 Å². The largest absolute Gasteiger partial charge is 0.422 e. The summed E-state index contributed by atoms with van der Waals surface area (Å²) in [6, 6.07) is 19.2. The number of hydrogen-bond acceptors (Lipinski definition) is 5. The lowest BCUT2D eigenvalue weighted by Crippen LogP contribution is -2.03. The third kappa shape index (κ3) is 2.50. The summed E-state index contributed by atoms with van der Waals surface area (Å²) in [4.78, 5) is 16.6. The Bertz CT molecular complexity index is 1370. The fourth-order valence-corrected chi connectivity index (χ4v) is 3.11. The highest BCUT2D eigenvalue weighted by molar-refractivity contribution is 6.06. The zero-order valence-electron chi connectivity index (χ0n) is 13.8. The smallest absolute Gasteiger partial charge is 0.349 e. The lowest BCUT2D eigenvalue weighted by atomic mass is 10.0. The monoisotopic (exact) mass is 358 g/mol. The number of rotatable bonds is 2. The average Bonchev–Trinajstić information content (AvgIpc) is 3.17. The molecule has 0 saturated carbocycles. The molecule has 0 radical (unpaired) electrons. The number of aromatic nitrogens is 2. The molecule has 0 saturated heterocycles. The van der Waals surface area contributed by atoms with Gasteiger partial charge in [0, 0.05) is 5.39 Å². The molecule has 0 aliphatic rings. The van der Waals surface area contributed by atoms with E-state index in [1.165, 1.54) is 6.07 Å². The van der Waals surface area contributed by atoms with Crippen LogP contribution in [0.15, 0.2) is 80.5 Å². The Balaban J connectivity index is 1.71. The van der Waals surface area contributed by atoms with Crippen molar-refractivity contribution in [1.29, 1.82) is 0 Å². The van der Waals surface area contributed by atoms with E-state index in [2.05, 4.69) is 10.1 Å². The van der Waals surface area contributed by atoms with Crippen LogP contribution in [0.2, 0.25) is 0 Å². The molecule has 6 heteroatoms. The summed E-state index contributed by atoms with van der Waals surface area (Å²) in [7, 11) is 0. The van der Waals surface area contributed by atoms with Gasteiger partial charge in [0.2, 0.25) is 5.82 Å². The molecule has 27 heavy (non-hydrogen) atoms. The van der Waals surface area contributed by atoms with Crippen LogP contribution in [0.3, 0.4) is 0 Å². The first-order valence-electron chi connectivity index (χ1n) is 8.25. The van der Waals surface area contributed by atoms with Gasteiger partial charge in [-0.05, 0) is 35.0 Å². The summed E-state index contributed by atoms with van der Waals surface area (Å²) in [6.45, 7) is 0. The fourth-order valence-electron chi connectivity index (χ4n) is 3.11. The summed E-state index contributed by atoms with van der Waals surface area (Å²) in [5.41, 5.74) is 0.204. The molecule has 0 amide bonds. The number of halogens is 1. The highest BCUT2D eigenvalue weighted by Crippen LogP contribution is 2.28. The lowest BCUT2D eigenvalue weighted by molar-refractivity contribution is 0.429. The van der Waals surface area contributed by atoms with Crippen LogP contribution in [0.4, 0.5) is 4.39 Å². The first-order chi connectivity index (χ1) is 13.2. The summed E-state index contributed by atoms with van der Waals surface area (Å²) in [5.74, 6) is -0.418. The van der Waals surface area contributed by atoms with Gasteiger partial charge in [-0.3, -0.25) is 0 Å². The second-order valence-electron chi connectivity index (χ2n) is 6.05. The summed E-state index contributed by atoms with van der Waals surface area (Å²) >= 11 is 0. The second-order valence-corrected chi connectivity index (χ2v) is 6.05. The minimum Gasteiger partial charge on any atom is -0.422 e. The van der Waals surface area contributed by atoms with Gasteiger partial charge in [-0.15, -0.1) is 0 Å². The molecule has 2 heterocycles. The minimum atomic E-state index is -0.596. The van der Waals surface area contributed by atoms with Crippen LogP contribution >= 0.6 is 0 Å². The Kier molecular flexibility index (Phi) is 3.36. The molecule has 2 aromatic heterocycles. The SMILES string of the molecule is O=c1oc2ccc3ccccc3c2cc1-c1nc(-c2ccccc2F)no1. The minimum absolute atomic E-state index is 0.0168.